The first-order valence-corrected chi connectivity index (χ1v) is 6.16. The van der Waals surface area contributed by atoms with E-state index >= 15 is 0 Å². The van der Waals surface area contributed by atoms with Gasteiger partial charge in [-0.25, -0.2) is 4.79 Å². The lowest BCUT2D eigenvalue weighted by molar-refractivity contribution is -0.150. The normalized spacial score (nSPS) is 32.2. The second kappa shape index (κ2) is 5.30. The molecule has 0 aromatic carbocycles. The number of rotatable bonds is 4. The van der Waals surface area contributed by atoms with Crippen LogP contribution in [-0.2, 0) is 28.5 Å². The molecule has 19 heavy (non-hydrogen) atoms. The standard InChI is InChI=1S/C13H18O6/c1-13(2)18-10-5-8(12(15)16-3)4-9(6-17-7-14)11(10)19-13/h5,7,9-11H,4,6H2,1-3H3/t9-,10+,11-/m0/s1. The summed E-state index contributed by atoms with van der Waals surface area (Å²) in [4.78, 5) is 22.0. The molecule has 0 radical (unpaired) electrons. The van der Waals surface area contributed by atoms with Crippen molar-refractivity contribution in [3.63, 3.8) is 0 Å². The predicted molar refractivity (Wildman–Crippen MR) is 64.0 cm³/mol. The molecule has 0 unspecified atom stereocenters. The van der Waals surface area contributed by atoms with Gasteiger partial charge in [0.15, 0.2) is 5.79 Å². The largest absolute Gasteiger partial charge is 0.467 e. The Hall–Kier alpha value is -1.40. The quantitative estimate of drug-likeness (QED) is 0.556. The van der Waals surface area contributed by atoms with Crippen molar-refractivity contribution in [1.82, 2.24) is 0 Å². The van der Waals surface area contributed by atoms with Crippen molar-refractivity contribution in [3.05, 3.63) is 11.6 Å². The first-order valence-electron chi connectivity index (χ1n) is 6.16. The molecular weight excluding hydrogens is 252 g/mol. The van der Waals surface area contributed by atoms with Gasteiger partial charge in [-0.1, -0.05) is 0 Å². The lowest BCUT2D eigenvalue weighted by atomic mass is 9.85. The highest BCUT2D eigenvalue weighted by molar-refractivity contribution is 5.88. The monoisotopic (exact) mass is 270 g/mol. The van der Waals surface area contributed by atoms with Crippen LogP contribution >= 0.6 is 0 Å². The van der Waals surface area contributed by atoms with Gasteiger partial charge in [0, 0.05) is 11.5 Å². The van der Waals surface area contributed by atoms with E-state index < -0.39 is 5.79 Å². The van der Waals surface area contributed by atoms with Crippen molar-refractivity contribution in [2.45, 2.75) is 38.3 Å². The van der Waals surface area contributed by atoms with Gasteiger partial charge in [0.05, 0.1) is 19.8 Å². The molecule has 0 saturated carbocycles. The molecule has 2 aliphatic rings. The fraction of sp³-hybridized carbons (Fsp3) is 0.692. The average molecular weight is 270 g/mol. The molecule has 0 spiro atoms. The van der Waals surface area contributed by atoms with Gasteiger partial charge in [0.1, 0.15) is 6.10 Å². The third-order valence-corrected chi connectivity index (χ3v) is 3.30. The highest BCUT2D eigenvalue weighted by Gasteiger charge is 2.47. The first kappa shape index (κ1) is 14.0. The smallest absolute Gasteiger partial charge is 0.333 e. The van der Waals surface area contributed by atoms with Gasteiger partial charge >= 0.3 is 5.97 Å². The summed E-state index contributed by atoms with van der Waals surface area (Å²) in [6, 6.07) is 0. The number of carbonyl (C=O) groups is 2. The molecule has 0 bridgehead atoms. The summed E-state index contributed by atoms with van der Waals surface area (Å²) in [5.74, 6) is -1.21. The minimum atomic E-state index is -0.711. The van der Waals surface area contributed by atoms with Crippen LogP contribution in [0.5, 0.6) is 0 Å². The van der Waals surface area contributed by atoms with Crippen LogP contribution < -0.4 is 0 Å². The van der Waals surface area contributed by atoms with E-state index in [0.29, 0.717) is 18.5 Å². The molecule has 0 amide bonds. The van der Waals surface area contributed by atoms with E-state index in [2.05, 4.69) is 0 Å². The van der Waals surface area contributed by atoms with Gasteiger partial charge in [-0.2, -0.15) is 0 Å². The van der Waals surface area contributed by atoms with Gasteiger partial charge in [-0.3, -0.25) is 4.79 Å². The molecule has 1 aliphatic carbocycles. The summed E-state index contributed by atoms with van der Waals surface area (Å²) in [6.45, 7) is 4.22. The van der Waals surface area contributed by atoms with Crippen LogP contribution in [0, 0.1) is 5.92 Å². The Labute approximate surface area is 111 Å². The summed E-state index contributed by atoms with van der Waals surface area (Å²) >= 11 is 0. The summed E-state index contributed by atoms with van der Waals surface area (Å²) in [7, 11) is 1.34. The van der Waals surface area contributed by atoms with E-state index in [-0.39, 0.29) is 30.7 Å². The van der Waals surface area contributed by atoms with E-state index in [1.807, 2.05) is 13.8 Å². The fourth-order valence-corrected chi connectivity index (χ4v) is 2.57. The highest BCUT2D eigenvalue weighted by Crippen LogP contribution is 2.39. The van der Waals surface area contributed by atoms with Gasteiger partial charge < -0.3 is 18.9 Å². The molecule has 0 aromatic rings. The van der Waals surface area contributed by atoms with Crippen molar-refractivity contribution >= 4 is 12.4 Å². The molecule has 0 aromatic heterocycles. The minimum Gasteiger partial charge on any atom is -0.467 e. The number of hydrogen-bond acceptors (Lipinski definition) is 6. The fourth-order valence-electron chi connectivity index (χ4n) is 2.57. The highest BCUT2D eigenvalue weighted by atomic mass is 16.8. The van der Waals surface area contributed by atoms with Gasteiger partial charge in [-0.05, 0) is 26.3 Å². The van der Waals surface area contributed by atoms with Gasteiger partial charge in [0.2, 0.25) is 0 Å². The lowest BCUT2D eigenvalue weighted by Gasteiger charge is -2.29. The Morgan fingerprint density at radius 2 is 2.26 bits per heavy atom. The molecule has 1 aliphatic heterocycles. The minimum absolute atomic E-state index is 0.115. The van der Waals surface area contributed by atoms with Crippen molar-refractivity contribution in [2.24, 2.45) is 5.92 Å². The van der Waals surface area contributed by atoms with Crippen LogP contribution in [0.15, 0.2) is 11.6 Å². The molecule has 1 heterocycles. The van der Waals surface area contributed by atoms with Crippen LogP contribution in [0.3, 0.4) is 0 Å². The molecule has 1 fully saturated rings. The maximum Gasteiger partial charge on any atom is 0.333 e. The molecular formula is C13H18O6. The molecule has 0 N–H and O–H groups in total. The predicted octanol–water partition coefficient (Wildman–Crippen LogP) is 0.799. The summed E-state index contributed by atoms with van der Waals surface area (Å²) in [6.07, 6.45) is 1.64. The first-order chi connectivity index (χ1) is 8.96. The average Bonchev–Trinajstić information content (AvgIpc) is 2.68. The van der Waals surface area contributed by atoms with Crippen molar-refractivity contribution in [2.75, 3.05) is 13.7 Å². The third-order valence-electron chi connectivity index (χ3n) is 3.30. The van der Waals surface area contributed by atoms with Crippen LogP contribution in [-0.4, -0.2) is 44.2 Å². The van der Waals surface area contributed by atoms with E-state index in [1.54, 1.807) is 6.08 Å². The van der Waals surface area contributed by atoms with Crippen LogP contribution in [0.25, 0.3) is 0 Å². The number of ether oxygens (including phenoxy) is 4. The Morgan fingerprint density at radius 3 is 2.89 bits per heavy atom. The Balaban J connectivity index is 2.19. The topological polar surface area (TPSA) is 71.1 Å². The SMILES string of the molecule is COC(=O)C1=C[C@H]2OC(C)(C)O[C@H]2[C@H](COC=O)C1. The molecule has 1 saturated heterocycles. The second-order valence-corrected chi connectivity index (χ2v) is 5.14. The second-order valence-electron chi connectivity index (χ2n) is 5.14. The number of esters is 1. The summed E-state index contributed by atoms with van der Waals surface area (Å²) < 4.78 is 21.1. The van der Waals surface area contributed by atoms with Crippen molar-refractivity contribution < 1.29 is 28.5 Å². The van der Waals surface area contributed by atoms with Gasteiger partial charge in [-0.15, -0.1) is 0 Å². The van der Waals surface area contributed by atoms with Gasteiger partial charge in [0.25, 0.3) is 6.47 Å². The number of methoxy groups -OCH3 is 1. The molecule has 2 rings (SSSR count). The summed E-state index contributed by atoms with van der Waals surface area (Å²) in [5.41, 5.74) is 0.532. The molecule has 6 nitrogen and oxygen atoms in total. The number of carbonyl (C=O) groups excluding carboxylic acids is 2. The Bertz CT molecular complexity index is 400. The van der Waals surface area contributed by atoms with E-state index in [4.69, 9.17) is 18.9 Å². The van der Waals surface area contributed by atoms with E-state index in [9.17, 15) is 9.59 Å². The van der Waals surface area contributed by atoms with Crippen LogP contribution in [0.2, 0.25) is 0 Å². The van der Waals surface area contributed by atoms with Crippen molar-refractivity contribution in [3.8, 4) is 0 Å². The Kier molecular flexibility index (Phi) is 3.91. The molecule has 3 atom stereocenters. The zero-order chi connectivity index (χ0) is 14.0. The summed E-state index contributed by atoms with van der Waals surface area (Å²) in [5, 5.41) is 0. The maximum absolute atomic E-state index is 11.6. The van der Waals surface area contributed by atoms with Crippen LogP contribution in [0.4, 0.5) is 0 Å². The number of hydrogen-bond donors (Lipinski definition) is 0. The maximum atomic E-state index is 11.6. The van der Waals surface area contributed by atoms with Crippen molar-refractivity contribution in [1.29, 1.82) is 0 Å². The van der Waals surface area contributed by atoms with E-state index in [1.165, 1.54) is 7.11 Å². The zero-order valence-corrected chi connectivity index (χ0v) is 11.3. The number of fused-ring (bicyclic) bond motifs is 1. The lowest BCUT2D eigenvalue weighted by Crippen LogP contribution is -2.38. The van der Waals surface area contributed by atoms with Crippen LogP contribution in [0.1, 0.15) is 20.3 Å². The third kappa shape index (κ3) is 2.96. The zero-order valence-electron chi connectivity index (χ0n) is 11.3. The van der Waals surface area contributed by atoms with E-state index in [0.717, 1.165) is 0 Å². The Morgan fingerprint density at radius 1 is 1.53 bits per heavy atom. The molecule has 106 valence electrons. The molecule has 6 heteroatoms.